The Kier molecular flexibility index (Phi) is 6.77. The van der Waals surface area contributed by atoms with E-state index in [9.17, 15) is 8.42 Å². The second-order valence-electron chi connectivity index (χ2n) is 5.08. The van der Waals surface area contributed by atoms with Crippen LogP contribution >= 0.6 is 11.8 Å². The Bertz CT molecular complexity index is 519. The van der Waals surface area contributed by atoms with Gasteiger partial charge < -0.3 is 10.3 Å². The molecule has 0 radical (unpaired) electrons. The van der Waals surface area contributed by atoms with Crippen molar-refractivity contribution in [1.29, 1.82) is 0 Å². The van der Waals surface area contributed by atoms with Gasteiger partial charge in [0, 0.05) is 36.3 Å². The molecule has 0 amide bonds. The molecule has 1 aromatic rings. The number of nitrogens with two attached hydrogens (primary N) is 1. The molecule has 0 aliphatic carbocycles. The SMILES string of the molecule is CCn1cc(S(=O)(=O)NCC(CC)(CC)SC)cc1CN. The van der Waals surface area contributed by atoms with Crippen LogP contribution in [0, 0.1) is 0 Å². The molecule has 122 valence electrons. The van der Waals surface area contributed by atoms with Crippen molar-refractivity contribution in [1.82, 2.24) is 9.29 Å². The molecule has 1 aromatic heterocycles. The predicted molar refractivity (Wildman–Crippen MR) is 90.0 cm³/mol. The molecular weight excluding hydrogens is 306 g/mol. The topological polar surface area (TPSA) is 77.1 Å². The summed E-state index contributed by atoms with van der Waals surface area (Å²) >= 11 is 1.72. The fraction of sp³-hybridized carbons (Fsp3) is 0.714. The van der Waals surface area contributed by atoms with E-state index in [1.807, 2.05) is 17.7 Å². The van der Waals surface area contributed by atoms with Crippen molar-refractivity contribution in [3.8, 4) is 0 Å². The van der Waals surface area contributed by atoms with Crippen LogP contribution < -0.4 is 10.5 Å². The molecule has 3 N–H and O–H groups in total. The van der Waals surface area contributed by atoms with Gasteiger partial charge in [0.15, 0.2) is 0 Å². The Morgan fingerprint density at radius 1 is 1.33 bits per heavy atom. The highest BCUT2D eigenvalue weighted by atomic mass is 32.2. The van der Waals surface area contributed by atoms with Crippen LogP contribution in [0.25, 0.3) is 0 Å². The maximum Gasteiger partial charge on any atom is 0.242 e. The summed E-state index contributed by atoms with van der Waals surface area (Å²) in [5, 5.41) is 0. The molecule has 1 heterocycles. The van der Waals surface area contributed by atoms with Gasteiger partial charge in [0.1, 0.15) is 0 Å². The smallest absolute Gasteiger partial charge is 0.242 e. The van der Waals surface area contributed by atoms with Crippen LogP contribution in [0.3, 0.4) is 0 Å². The van der Waals surface area contributed by atoms with Gasteiger partial charge >= 0.3 is 0 Å². The van der Waals surface area contributed by atoms with Gasteiger partial charge in [0.25, 0.3) is 0 Å². The lowest BCUT2D eigenvalue weighted by molar-refractivity contribution is 0.522. The molecule has 0 bridgehead atoms. The molecule has 0 saturated heterocycles. The van der Waals surface area contributed by atoms with Crippen molar-refractivity contribution in [3.05, 3.63) is 18.0 Å². The minimum Gasteiger partial charge on any atom is -0.349 e. The molecule has 0 spiro atoms. The summed E-state index contributed by atoms with van der Waals surface area (Å²) in [5.41, 5.74) is 6.48. The first kappa shape index (κ1) is 18.5. The lowest BCUT2D eigenvalue weighted by Gasteiger charge is -2.29. The van der Waals surface area contributed by atoms with E-state index < -0.39 is 10.0 Å². The second kappa shape index (κ2) is 7.67. The van der Waals surface area contributed by atoms with Gasteiger partial charge in [0.05, 0.1) is 4.90 Å². The molecule has 0 saturated carbocycles. The van der Waals surface area contributed by atoms with E-state index in [0.29, 0.717) is 24.5 Å². The van der Waals surface area contributed by atoms with Gasteiger partial charge in [-0.3, -0.25) is 0 Å². The monoisotopic (exact) mass is 333 g/mol. The van der Waals surface area contributed by atoms with Crippen LogP contribution in [0.4, 0.5) is 0 Å². The molecular formula is C14H27N3O2S2. The number of aryl methyl sites for hydroxylation is 1. The summed E-state index contributed by atoms with van der Waals surface area (Å²) in [6.45, 7) is 7.64. The lowest BCUT2D eigenvalue weighted by Crippen LogP contribution is -2.39. The van der Waals surface area contributed by atoms with Crippen molar-refractivity contribution in [3.63, 3.8) is 0 Å². The van der Waals surface area contributed by atoms with E-state index in [1.54, 1.807) is 24.0 Å². The molecule has 0 unspecified atom stereocenters. The van der Waals surface area contributed by atoms with E-state index in [0.717, 1.165) is 18.5 Å². The number of thioether (sulfide) groups is 1. The summed E-state index contributed by atoms with van der Waals surface area (Å²) in [7, 11) is -3.49. The fourth-order valence-electron chi connectivity index (χ4n) is 2.31. The van der Waals surface area contributed by atoms with Crippen molar-refractivity contribution in [2.45, 2.75) is 56.3 Å². The zero-order valence-corrected chi connectivity index (χ0v) is 15.0. The molecule has 7 heteroatoms. The van der Waals surface area contributed by atoms with E-state index in [-0.39, 0.29) is 4.75 Å². The van der Waals surface area contributed by atoms with Crippen LogP contribution in [0.1, 0.15) is 39.3 Å². The third kappa shape index (κ3) is 4.25. The maximum atomic E-state index is 12.4. The van der Waals surface area contributed by atoms with Crippen molar-refractivity contribution in [2.24, 2.45) is 5.73 Å². The predicted octanol–water partition coefficient (Wildman–Crippen LogP) is 2.17. The summed E-state index contributed by atoms with van der Waals surface area (Å²) in [5.74, 6) is 0. The van der Waals surface area contributed by atoms with Crippen LogP contribution in [-0.4, -0.2) is 30.5 Å². The Morgan fingerprint density at radius 2 is 1.95 bits per heavy atom. The van der Waals surface area contributed by atoms with Crippen molar-refractivity contribution < 1.29 is 8.42 Å². The zero-order chi connectivity index (χ0) is 16.1. The van der Waals surface area contributed by atoms with Crippen molar-refractivity contribution >= 4 is 21.8 Å². The minimum absolute atomic E-state index is 0.0446. The average molecular weight is 334 g/mol. The van der Waals surface area contributed by atoms with Crippen LogP contribution in [0.15, 0.2) is 17.2 Å². The summed E-state index contributed by atoms with van der Waals surface area (Å²) in [6, 6.07) is 1.66. The normalized spacial score (nSPS) is 12.8. The quantitative estimate of drug-likeness (QED) is 0.726. The molecule has 21 heavy (non-hydrogen) atoms. The van der Waals surface area contributed by atoms with Crippen LogP contribution in [-0.2, 0) is 23.1 Å². The lowest BCUT2D eigenvalue weighted by atomic mass is 10.0. The third-order valence-corrected chi connectivity index (χ3v) is 7.08. The highest BCUT2D eigenvalue weighted by molar-refractivity contribution is 8.00. The first-order valence-electron chi connectivity index (χ1n) is 7.32. The van der Waals surface area contributed by atoms with Crippen LogP contribution in [0.5, 0.6) is 0 Å². The van der Waals surface area contributed by atoms with E-state index in [2.05, 4.69) is 18.6 Å². The first-order valence-corrected chi connectivity index (χ1v) is 10.0. The van der Waals surface area contributed by atoms with Gasteiger partial charge in [-0.15, -0.1) is 0 Å². The molecule has 1 rings (SSSR count). The molecule has 0 aliphatic rings. The number of nitrogens with zero attached hydrogens (tertiary/aromatic N) is 1. The average Bonchev–Trinajstić information content (AvgIpc) is 2.93. The summed E-state index contributed by atoms with van der Waals surface area (Å²) in [6.07, 6.45) is 5.54. The van der Waals surface area contributed by atoms with Crippen LogP contribution in [0.2, 0.25) is 0 Å². The number of aromatic nitrogens is 1. The first-order chi connectivity index (χ1) is 9.87. The number of hydrogen-bond acceptors (Lipinski definition) is 4. The van der Waals surface area contributed by atoms with E-state index in [4.69, 9.17) is 5.73 Å². The Morgan fingerprint density at radius 3 is 2.33 bits per heavy atom. The van der Waals surface area contributed by atoms with Crippen molar-refractivity contribution in [2.75, 3.05) is 12.8 Å². The number of hydrogen-bond donors (Lipinski definition) is 2. The molecule has 5 nitrogen and oxygen atoms in total. The fourth-order valence-corrected chi connectivity index (χ4v) is 4.38. The van der Waals surface area contributed by atoms with Gasteiger partial charge in [-0.05, 0) is 32.1 Å². The highest BCUT2D eigenvalue weighted by Crippen LogP contribution is 2.30. The minimum atomic E-state index is -3.49. The number of rotatable bonds is 9. The second-order valence-corrected chi connectivity index (χ2v) is 8.12. The molecule has 0 atom stereocenters. The van der Waals surface area contributed by atoms with Gasteiger partial charge in [-0.25, -0.2) is 13.1 Å². The Hall–Kier alpha value is -0.500. The Labute approximate surface area is 132 Å². The van der Waals surface area contributed by atoms with E-state index in [1.165, 1.54) is 0 Å². The summed E-state index contributed by atoms with van der Waals surface area (Å²) < 4.78 is 29.5. The van der Waals surface area contributed by atoms with Gasteiger partial charge in [-0.2, -0.15) is 11.8 Å². The molecule has 0 aromatic carbocycles. The zero-order valence-electron chi connectivity index (χ0n) is 13.3. The third-order valence-electron chi connectivity index (χ3n) is 4.13. The highest BCUT2D eigenvalue weighted by Gasteiger charge is 2.28. The summed E-state index contributed by atoms with van der Waals surface area (Å²) in [4.78, 5) is 0.298. The Balaban J connectivity index is 2.94. The number of sulfonamides is 1. The maximum absolute atomic E-state index is 12.4. The van der Waals surface area contributed by atoms with Gasteiger partial charge in [-0.1, -0.05) is 13.8 Å². The van der Waals surface area contributed by atoms with Gasteiger partial charge in [0.2, 0.25) is 10.0 Å². The standard InChI is InChI=1S/C14H27N3O2S2/c1-5-14(6-2,20-4)11-16-21(18,19)13-8-12(9-15)17(7-3)10-13/h8,10,16H,5-7,9,11,15H2,1-4H3. The molecule has 0 aliphatic heterocycles. The molecule has 0 fully saturated rings. The largest absolute Gasteiger partial charge is 0.349 e. The number of nitrogens with one attached hydrogen (secondary N) is 1. The van der Waals surface area contributed by atoms with E-state index >= 15 is 0 Å².